The number of rotatable bonds is 6. The SMILES string of the molecule is COc1ccc(CNC(=O)COc2ccc3ncccc3c2)cc1. The Morgan fingerprint density at radius 2 is 1.88 bits per heavy atom. The fraction of sp³-hybridized carbons (Fsp3) is 0.158. The number of fused-ring (bicyclic) bond motifs is 1. The first-order chi connectivity index (χ1) is 11.7. The van der Waals surface area contributed by atoms with Gasteiger partial charge in [0.2, 0.25) is 0 Å². The number of aromatic nitrogens is 1. The largest absolute Gasteiger partial charge is 0.497 e. The van der Waals surface area contributed by atoms with Gasteiger partial charge in [0.15, 0.2) is 6.61 Å². The fourth-order valence-corrected chi connectivity index (χ4v) is 2.29. The van der Waals surface area contributed by atoms with Gasteiger partial charge in [-0.15, -0.1) is 0 Å². The molecule has 0 aliphatic heterocycles. The lowest BCUT2D eigenvalue weighted by Crippen LogP contribution is -2.28. The molecule has 3 rings (SSSR count). The molecule has 1 aromatic heterocycles. The van der Waals surface area contributed by atoms with Gasteiger partial charge in [-0.2, -0.15) is 0 Å². The minimum absolute atomic E-state index is 0.0259. The first-order valence-corrected chi connectivity index (χ1v) is 7.62. The number of hydrogen-bond donors (Lipinski definition) is 1. The quantitative estimate of drug-likeness (QED) is 0.758. The van der Waals surface area contributed by atoms with Crippen LogP contribution in [0.5, 0.6) is 11.5 Å². The van der Waals surface area contributed by atoms with Crippen molar-refractivity contribution >= 4 is 16.8 Å². The summed E-state index contributed by atoms with van der Waals surface area (Å²) < 4.78 is 10.6. The molecule has 0 saturated heterocycles. The van der Waals surface area contributed by atoms with Crippen LogP contribution in [-0.2, 0) is 11.3 Å². The van der Waals surface area contributed by atoms with Gasteiger partial charge in [0.05, 0.1) is 12.6 Å². The van der Waals surface area contributed by atoms with Crippen molar-refractivity contribution in [3.8, 4) is 11.5 Å². The zero-order valence-corrected chi connectivity index (χ0v) is 13.4. The van der Waals surface area contributed by atoms with Crippen molar-refractivity contribution in [3.63, 3.8) is 0 Å². The molecule has 2 aromatic carbocycles. The van der Waals surface area contributed by atoms with E-state index in [-0.39, 0.29) is 12.5 Å². The topological polar surface area (TPSA) is 60.5 Å². The van der Waals surface area contributed by atoms with E-state index in [2.05, 4.69) is 10.3 Å². The second kappa shape index (κ2) is 7.46. The molecule has 1 amide bonds. The summed E-state index contributed by atoms with van der Waals surface area (Å²) in [4.78, 5) is 16.2. The average molecular weight is 322 g/mol. The van der Waals surface area contributed by atoms with Crippen molar-refractivity contribution in [2.24, 2.45) is 0 Å². The zero-order valence-electron chi connectivity index (χ0n) is 13.4. The third-order valence-corrected chi connectivity index (χ3v) is 3.59. The normalized spacial score (nSPS) is 10.4. The van der Waals surface area contributed by atoms with Gasteiger partial charge in [-0.25, -0.2) is 0 Å². The van der Waals surface area contributed by atoms with Crippen LogP contribution in [0.15, 0.2) is 60.8 Å². The van der Waals surface area contributed by atoms with Crippen molar-refractivity contribution in [3.05, 3.63) is 66.4 Å². The van der Waals surface area contributed by atoms with Gasteiger partial charge in [-0.05, 0) is 42.0 Å². The Hall–Kier alpha value is -3.08. The molecule has 0 spiro atoms. The van der Waals surface area contributed by atoms with Gasteiger partial charge < -0.3 is 14.8 Å². The van der Waals surface area contributed by atoms with Crippen molar-refractivity contribution in [1.29, 1.82) is 0 Å². The second-order valence-corrected chi connectivity index (χ2v) is 5.27. The van der Waals surface area contributed by atoms with Crippen LogP contribution in [0.4, 0.5) is 0 Å². The molecule has 24 heavy (non-hydrogen) atoms. The molecule has 0 aliphatic carbocycles. The summed E-state index contributed by atoms with van der Waals surface area (Å²) >= 11 is 0. The van der Waals surface area contributed by atoms with Crippen molar-refractivity contribution < 1.29 is 14.3 Å². The summed E-state index contributed by atoms with van der Waals surface area (Å²) in [7, 11) is 1.62. The molecule has 1 heterocycles. The lowest BCUT2D eigenvalue weighted by atomic mass is 10.2. The van der Waals surface area contributed by atoms with E-state index in [0.717, 1.165) is 22.2 Å². The minimum Gasteiger partial charge on any atom is -0.497 e. The smallest absolute Gasteiger partial charge is 0.258 e. The van der Waals surface area contributed by atoms with Crippen LogP contribution in [0.3, 0.4) is 0 Å². The second-order valence-electron chi connectivity index (χ2n) is 5.27. The van der Waals surface area contributed by atoms with Crippen LogP contribution in [0.25, 0.3) is 10.9 Å². The van der Waals surface area contributed by atoms with Crippen LogP contribution in [0.2, 0.25) is 0 Å². The van der Waals surface area contributed by atoms with Gasteiger partial charge in [-0.3, -0.25) is 9.78 Å². The van der Waals surface area contributed by atoms with E-state index in [1.165, 1.54) is 0 Å². The average Bonchev–Trinajstić information content (AvgIpc) is 2.65. The highest BCUT2D eigenvalue weighted by atomic mass is 16.5. The number of pyridine rings is 1. The number of methoxy groups -OCH3 is 1. The highest BCUT2D eigenvalue weighted by molar-refractivity contribution is 5.80. The van der Waals surface area contributed by atoms with E-state index in [4.69, 9.17) is 9.47 Å². The van der Waals surface area contributed by atoms with Crippen LogP contribution in [0, 0.1) is 0 Å². The summed E-state index contributed by atoms with van der Waals surface area (Å²) in [5, 5.41) is 3.81. The minimum atomic E-state index is -0.169. The third kappa shape index (κ3) is 4.01. The van der Waals surface area contributed by atoms with E-state index < -0.39 is 0 Å². The summed E-state index contributed by atoms with van der Waals surface area (Å²) in [5.74, 6) is 1.27. The van der Waals surface area contributed by atoms with E-state index in [1.54, 1.807) is 13.3 Å². The summed E-state index contributed by atoms with van der Waals surface area (Å²) in [6.45, 7) is 0.426. The van der Waals surface area contributed by atoms with Crippen molar-refractivity contribution in [2.45, 2.75) is 6.54 Å². The van der Waals surface area contributed by atoms with E-state index in [9.17, 15) is 4.79 Å². The maximum Gasteiger partial charge on any atom is 0.258 e. The van der Waals surface area contributed by atoms with E-state index in [0.29, 0.717) is 12.3 Å². The summed E-state index contributed by atoms with van der Waals surface area (Å²) in [5.41, 5.74) is 1.90. The van der Waals surface area contributed by atoms with E-state index in [1.807, 2.05) is 54.6 Å². The monoisotopic (exact) mass is 322 g/mol. The number of hydrogen-bond acceptors (Lipinski definition) is 4. The molecule has 5 heteroatoms. The summed E-state index contributed by atoms with van der Waals surface area (Å²) in [6, 6.07) is 16.9. The number of nitrogens with zero attached hydrogens (tertiary/aromatic N) is 1. The lowest BCUT2D eigenvalue weighted by molar-refractivity contribution is -0.123. The Morgan fingerprint density at radius 3 is 2.67 bits per heavy atom. The van der Waals surface area contributed by atoms with Gasteiger partial charge in [-0.1, -0.05) is 18.2 Å². The molecule has 0 atom stereocenters. The Morgan fingerprint density at radius 1 is 1.08 bits per heavy atom. The highest BCUT2D eigenvalue weighted by Crippen LogP contribution is 2.18. The number of carbonyl (C=O) groups excluding carboxylic acids is 1. The molecule has 1 N–H and O–H groups in total. The predicted molar refractivity (Wildman–Crippen MR) is 92.1 cm³/mol. The Labute approximate surface area is 140 Å². The number of carbonyl (C=O) groups is 1. The standard InChI is InChI=1S/C19H18N2O3/c1-23-16-6-4-14(5-7-16)12-21-19(22)13-24-17-8-9-18-15(11-17)3-2-10-20-18/h2-11H,12-13H2,1H3,(H,21,22). The Balaban J connectivity index is 1.50. The van der Waals surface area contributed by atoms with Gasteiger partial charge in [0.1, 0.15) is 11.5 Å². The molecule has 122 valence electrons. The zero-order chi connectivity index (χ0) is 16.8. The van der Waals surface area contributed by atoms with Crippen LogP contribution in [0.1, 0.15) is 5.56 Å². The molecule has 0 bridgehead atoms. The molecule has 3 aromatic rings. The first-order valence-electron chi connectivity index (χ1n) is 7.62. The molecule has 0 aliphatic rings. The molecular formula is C19H18N2O3. The van der Waals surface area contributed by atoms with Gasteiger partial charge in [0.25, 0.3) is 5.91 Å². The maximum atomic E-state index is 11.9. The van der Waals surface area contributed by atoms with Crippen LogP contribution in [-0.4, -0.2) is 24.6 Å². The van der Waals surface area contributed by atoms with E-state index >= 15 is 0 Å². The molecular weight excluding hydrogens is 304 g/mol. The van der Waals surface area contributed by atoms with Crippen molar-refractivity contribution in [1.82, 2.24) is 10.3 Å². The Bertz CT molecular complexity index is 831. The van der Waals surface area contributed by atoms with Gasteiger partial charge in [0, 0.05) is 18.1 Å². The molecule has 5 nitrogen and oxygen atoms in total. The Kier molecular flexibility index (Phi) is 4.91. The van der Waals surface area contributed by atoms with Gasteiger partial charge >= 0.3 is 0 Å². The molecule has 0 unspecified atom stereocenters. The number of nitrogens with one attached hydrogen (secondary N) is 1. The predicted octanol–water partition coefficient (Wildman–Crippen LogP) is 2.94. The lowest BCUT2D eigenvalue weighted by Gasteiger charge is -2.08. The molecule has 0 fully saturated rings. The number of ether oxygens (including phenoxy) is 2. The number of benzene rings is 2. The number of amides is 1. The summed E-state index contributed by atoms with van der Waals surface area (Å²) in [6.07, 6.45) is 1.75. The van der Waals surface area contributed by atoms with Crippen LogP contribution < -0.4 is 14.8 Å². The van der Waals surface area contributed by atoms with Crippen LogP contribution >= 0.6 is 0 Å². The fourth-order valence-electron chi connectivity index (χ4n) is 2.29. The first kappa shape index (κ1) is 15.8. The van der Waals surface area contributed by atoms with Crippen molar-refractivity contribution in [2.75, 3.05) is 13.7 Å². The molecule has 0 radical (unpaired) electrons. The third-order valence-electron chi connectivity index (χ3n) is 3.59. The highest BCUT2D eigenvalue weighted by Gasteiger charge is 2.04. The molecule has 0 saturated carbocycles. The maximum absolute atomic E-state index is 11.9.